The predicted octanol–water partition coefficient (Wildman–Crippen LogP) is 13.2. The van der Waals surface area contributed by atoms with Crippen LogP contribution in [0, 0.1) is 27.7 Å². The Labute approximate surface area is 474 Å². The van der Waals surface area contributed by atoms with Crippen molar-refractivity contribution < 1.29 is 40.2 Å². The van der Waals surface area contributed by atoms with Gasteiger partial charge in [0.15, 0.2) is 11.7 Å². The number of aliphatic imine (C=N–C) groups is 6. The number of hydrogen-bond acceptors (Lipinski definition) is 12. The van der Waals surface area contributed by atoms with Crippen LogP contribution in [0.25, 0.3) is 0 Å². The van der Waals surface area contributed by atoms with Crippen molar-refractivity contribution in [3.05, 3.63) is 225 Å². The predicted molar refractivity (Wildman–Crippen MR) is 321 cm³/mol. The van der Waals surface area contributed by atoms with Gasteiger partial charge in [0.2, 0.25) is 0 Å². The molecule has 4 heterocycles. The van der Waals surface area contributed by atoms with Crippen LogP contribution in [0.5, 0.6) is 23.0 Å². The first-order valence-electron chi connectivity index (χ1n) is 26.8. The second-order valence-corrected chi connectivity index (χ2v) is 20.0. The zero-order valence-corrected chi connectivity index (χ0v) is 45.7. The number of aromatic nitrogens is 2. The molecule has 0 bridgehead atoms. The SMILES string of the molecule is Cc1ccc(N=C2N=C(c3ccccn3)c3c(O)c(CCCCC(=O)O)cc(O)c3C2=Nc2ccc(C)cc2)cc1.Cc1ccc(N=C2N=C(c3ccccn3)c3c(O)cc(CCCCC(=O)O)c(O)c3C2=Nc2ccc(C)cc2)cc1. The lowest BCUT2D eigenvalue weighted by molar-refractivity contribution is -0.138. The van der Waals surface area contributed by atoms with Crippen LogP contribution >= 0.6 is 0 Å². The second kappa shape index (κ2) is 25.7. The third kappa shape index (κ3) is 13.6. The number of aryl methyl sites for hydroxylation is 6. The number of carboxylic acid groups (broad SMARTS) is 2. The van der Waals surface area contributed by atoms with Crippen molar-refractivity contribution in [3.8, 4) is 23.0 Å². The highest BCUT2D eigenvalue weighted by molar-refractivity contribution is 6.55. The zero-order valence-electron chi connectivity index (χ0n) is 45.7. The summed E-state index contributed by atoms with van der Waals surface area (Å²) in [5.74, 6) is -1.49. The van der Waals surface area contributed by atoms with Crippen molar-refractivity contribution >= 4 is 69.2 Å². The fourth-order valence-electron chi connectivity index (χ4n) is 9.31. The van der Waals surface area contributed by atoms with Gasteiger partial charge in [0.25, 0.3) is 0 Å². The van der Waals surface area contributed by atoms with Gasteiger partial charge in [0.05, 0.1) is 56.4 Å². The molecule has 2 aromatic heterocycles. The molecule has 0 saturated heterocycles. The van der Waals surface area contributed by atoms with Crippen LogP contribution in [0.2, 0.25) is 0 Å². The number of nitrogens with zero attached hydrogens (tertiary/aromatic N) is 8. The minimum atomic E-state index is -0.872. The second-order valence-electron chi connectivity index (χ2n) is 20.0. The third-order valence-corrected chi connectivity index (χ3v) is 13.6. The number of rotatable bonds is 16. The first kappa shape index (κ1) is 56.5. The highest BCUT2D eigenvalue weighted by Gasteiger charge is 2.35. The molecule has 0 amide bonds. The van der Waals surface area contributed by atoms with Crippen LogP contribution in [-0.2, 0) is 22.4 Å². The monoisotopic (exact) mass is 1090 g/mol. The van der Waals surface area contributed by atoms with Crippen LogP contribution in [0.3, 0.4) is 0 Å². The maximum absolute atomic E-state index is 11.7. The van der Waals surface area contributed by atoms with E-state index in [1.165, 1.54) is 12.1 Å². The van der Waals surface area contributed by atoms with Gasteiger partial charge in [-0.3, -0.25) is 19.6 Å². The average molecular weight is 1090 g/mol. The maximum Gasteiger partial charge on any atom is 0.303 e. The van der Waals surface area contributed by atoms with Gasteiger partial charge in [-0.15, -0.1) is 0 Å². The molecule has 82 heavy (non-hydrogen) atoms. The smallest absolute Gasteiger partial charge is 0.303 e. The van der Waals surface area contributed by atoms with E-state index in [0.717, 1.165) is 22.3 Å². The minimum Gasteiger partial charge on any atom is -0.507 e. The Morgan fingerprint density at radius 3 is 1.15 bits per heavy atom. The topological polar surface area (TPSA) is 255 Å². The quantitative estimate of drug-likeness (QED) is 0.0394. The van der Waals surface area contributed by atoms with Crippen LogP contribution < -0.4 is 0 Å². The fraction of sp³-hybridized carbons (Fsp3) is 0.182. The number of carboxylic acids is 2. The number of fused-ring (bicyclic) bond motifs is 2. The van der Waals surface area contributed by atoms with Crippen LogP contribution in [0.1, 0.15) is 106 Å². The van der Waals surface area contributed by atoms with E-state index in [4.69, 9.17) is 40.2 Å². The molecule has 16 heteroatoms. The van der Waals surface area contributed by atoms with Crippen LogP contribution in [0.4, 0.5) is 22.7 Å². The summed E-state index contributed by atoms with van der Waals surface area (Å²) in [6, 6.07) is 44.4. The largest absolute Gasteiger partial charge is 0.507 e. The molecule has 2 aliphatic rings. The molecule has 412 valence electrons. The number of benzene rings is 6. The van der Waals surface area contributed by atoms with Crippen molar-refractivity contribution in [3.63, 3.8) is 0 Å². The van der Waals surface area contributed by atoms with Gasteiger partial charge in [-0.2, -0.15) is 0 Å². The van der Waals surface area contributed by atoms with E-state index in [-0.39, 0.29) is 47.5 Å². The number of hydrogen-bond donors (Lipinski definition) is 6. The Kier molecular flexibility index (Phi) is 17.7. The highest BCUT2D eigenvalue weighted by Crippen LogP contribution is 2.42. The lowest BCUT2D eigenvalue weighted by atomic mass is 9.88. The van der Waals surface area contributed by atoms with Gasteiger partial charge in [0.1, 0.15) is 45.8 Å². The molecule has 0 spiro atoms. The Morgan fingerprint density at radius 2 is 0.768 bits per heavy atom. The average Bonchev–Trinajstić information content (AvgIpc) is 2.28. The molecule has 0 radical (unpaired) electrons. The number of unbranched alkanes of at least 4 members (excludes halogenated alkanes) is 2. The van der Waals surface area contributed by atoms with E-state index < -0.39 is 11.9 Å². The molecule has 6 aromatic carbocycles. The molecule has 6 N–H and O–H groups in total. The van der Waals surface area contributed by atoms with Crippen molar-refractivity contribution in [2.24, 2.45) is 30.0 Å². The highest BCUT2D eigenvalue weighted by atomic mass is 16.4. The standard InChI is InChI=1S/2C33H30N4O4/c1-20-10-14-23(15-11-20)35-31-28-26(38)19-22(7-3-4-9-27(39)40)32(41)29(28)30(25-8-5-6-18-34-25)37-33(31)36-24-16-12-21(2)13-17-24;1-20-10-14-23(15-11-20)35-31-29-28(26(38)19-22(32(29)41)7-3-4-9-27(39)40)30(25-8-5-6-18-34-25)37-33(31)36-24-16-12-21(2)13-17-24/h2*5-6,8,10-19,38,41H,3-4,7,9H2,1-2H3,(H,39,40). The number of amidine groups is 2. The van der Waals surface area contributed by atoms with Gasteiger partial charge in [-0.05, 0) is 162 Å². The van der Waals surface area contributed by atoms with Gasteiger partial charge in [-0.25, -0.2) is 30.0 Å². The van der Waals surface area contributed by atoms with E-state index in [9.17, 15) is 30.0 Å². The van der Waals surface area contributed by atoms with Crippen molar-refractivity contribution in [1.82, 2.24) is 9.97 Å². The van der Waals surface area contributed by atoms with Crippen LogP contribution in [-0.4, -0.2) is 87.1 Å². The van der Waals surface area contributed by atoms with Crippen molar-refractivity contribution in [2.75, 3.05) is 0 Å². The number of aliphatic carboxylic acids is 2. The number of phenolic OH excluding ortho intramolecular Hbond substituents is 4. The molecule has 0 unspecified atom stereocenters. The Balaban J connectivity index is 0.000000198. The van der Waals surface area contributed by atoms with E-state index in [1.54, 1.807) is 36.7 Å². The van der Waals surface area contributed by atoms with Gasteiger partial charge in [0, 0.05) is 25.2 Å². The van der Waals surface area contributed by atoms with E-state index in [1.807, 2.05) is 137 Å². The lowest BCUT2D eigenvalue weighted by Gasteiger charge is -2.23. The number of pyridine rings is 2. The first-order chi connectivity index (χ1) is 39.6. The fourth-order valence-corrected chi connectivity index (χ4v) is 9.31. The van der Waals surface area contributed by atoms with Gasteiger partial charge in [-0.1, -0.05) is 82.9 Å². The zero-order chi connectivity index (χ0) is 57.9. The van der Waals surface area contributed by atoms with Crippen molar-refractivity contribution in [1.29, 1.82) is 0 Å². The summed E-state index contributed by atoms with van der Waals surface area (Å²) in [5.41, 5.74) is 11.5. The van der Waals surface area contributed by atoms with E-state index >= 15 is 0 Å². The van der Waals surface area contributed by atoms with Crippen LogP contribution in [0.15, 0.2) is 188 Å². The Hall–Kier alpha value is -10.2. The summed E-state index contributed by atoms with van der Waals surface area (Å²) < 4.78 is 0. The molecule has 16 nitrogen and oxygen atoms in total. The van der Waals surface area contributed by atoms with Gasteiger partial charge < -0.3 is 30.6 Å². The molecule has 0 fully saturated rings. The summed E-state index contributed by atoms with van der Waals surface area (Å²) >= 11 is 0. The molecule has 0 saturated carbocycles. The maximum atomic E-state index is 11.7. The number of phenols is 4. The molecule has 2 aliphatic heterocycles. The third-order valence-electron chi connectivity index (χ3n) is 13.6. The van der Waals surface area contributed by atoms with Gasteiger partial charge >= 0.3 is 11.9 Å². The lowest BCUT2D eigenvalue weighted by Crippen LogP contribution is -2.26. The summed E-state index contributed by atoms with van der Waals surface area (Å²) in [6.07, 6.45) is 6.02. The summed E-state index contributed by atoms with van der Waals surface area (Å²) in [7, 11) is 0. The molecule has 0 atom stereocenters. The summed E-state index contributed by atoms with van der Waals surface area (Å²) in [5, 5.41) is 64.2. The molecule has 0 aliphatic carbocycles. The molecular formula is C66H60N8O8. The number of carbonyl (C=O) groups is 2. The van der Waals surface area contributed by atoms with E-state index in [0.29, 0.717) is 129 Å². The summed E-state index contributed by atoms with van der Waals surface area (Å²) in [6.45, 7) is 7.97. The Morgan fingerprint density at radius 1 is 0.415 bits per heavy atom. The molecular weight excluding hydrogens is 1030 g/mol. The number of aromatic hydroxyl groups is 4. The molecule has 8 aromatic rings. The molecule has 10 rings (SSSR count). The summed E-state index contributed by atoms with van der Waals surface area (Å²) in [4.78, 5) is 60.1. The normalized spacial score (nSPS) is 14.6. The Bertz CT molecular complexity index is 3860. The minimum absolute atomic E-state index is 0.0294. The van der Waals surface area contributed by atoms with Crippen molar-refractivity contribution in [2.45, 2.75) is 79.1 Å². The first-order valence-corrected chi connectivity index (χ1v) is 26.8. The van der Waals surface area contributed by atoms with E-state index in [2.05, 4.69) is 9.97 Å².